The lowest BCUT2D eigenvalue weighted by Crippen LogP contribution is -2.59. The number of carbonyl (C=O) groups is 5. The zero-order valence-electron chi connectivity index (χ0n) is 24.3. The van der Waals surface area contributed by atoms with E-state index in [9.17, 15) is 24.0 Å². The molecule has 1 aromatic rings. The van der Waals surface area contributed by atoms with E-state index >= 15 is 0 Å². The van der Waals surface area contributed by atoms with Crippen LogP contribution in [-0.4, -0.2) is 90.2 Å². The van der Waals surface area contributed by atoms with Gasteiger partial charge in [0.1, 0.15) is 18.1 Å². The number of hydrogen-bond acceptors (Lipinski definition) is 6. The molecule has 4 atom stereocenters. The summed E-state index contributed by atoms with van der Waals surface area (Å²) >= 11 is 0. The van der Waals surface area contributed by atoms with E-state index in [1.807, 2.05) is 44.2 Å². The third-order valence-corrected chi connectivity index (χ3v) is 6.93. The average Bonchev–Trinajstić information content (AvgIpc) is 2.89. The molecule has 2 rings (SSSR count). The number of carbonyl (C=O) groups excluding carboxylic acids is 5. The largest absolute Gasteiger partial charge is 0.354 e. The van der Waals surface area contributed by atoms with Crippen LogP contribution < -0.4 is 21.7 Å². The van der Waals surface area contributed by atoms with Gasteiger partial charge in [-0.25, -0.2) is 0 Å². The second kappa shape index (κ2) is 16.2. The summed E-state index contributed by atoms with van der Waals surface area (Å²) in [6.45, 7) is 8.93. The molecule has 40 heavy (non-hydrogen) atoms. The van der Waals surface area contributed by atoms with Crippen molar-refractivity contribution in [2.45, 2.75) is 71.6 Å². The van der Waals surface area contributed by atoms with Crippen molar-refractivity contribution in [3.05, 3.63) is 35.9 Å². The lowest BCUT2D eigenvalue weighted by atomic mass is 10.0. The maximum absolute atomic E-state index is 13.3. The minimum Gasteiger partial charge on any atom is -0.354 e. The number of nitrogens with one attached hydrogen (secondary N) is 3. The number of nitrogens with zero attached hydrogens (tertiary/aromatic N) is 2. The Morgan fingerprint density at radius 1 is 1.02 bits per heavy atom. The van der Waals surface area contributed by atoms with Crippen LogP contribution in [0.1, 0.15) is 46.6 Å². The molecule has 1 heterocycles. The van der Waals surface area contributed by atoms with Gasteiger partial charge in [-0.3, -0.25) is 24.0 Å². The molecule has 0 unspecified atom stereocenters. The van der Waals surface area contributed by atoms with E-state index in [2.05, 4.69) is 16.0 Å². The summed E-state index contributed by atoms with van der Waals surface area (Å²) < 4.78 is 0. The summed E-state index contributed by atoms with van der Waals surface area (Å²) in [4.78, 5) is 68.4. The molecule has 0 spiro atoms. The second-order valence-electron chi connectivity index (χ2n) is 10.9. The van der Waals surface area contributed by atoms with Gasteiger partial charge in [0.05, 0.1) is 12.6 Å². The van der Waals surface area contributed by atoms with Gasteiger partial charge >= 0.3 is 0 Å². The lowest BCUT2D eigenvalue weighted by molar-refractivity contribution is -0.144. The van der Waals surface area contributed by atoms with Crippen LogP contribution in [0.4, 0.5) is 0 Å². The Hall–Kier alpha value is -3.18. The van der Waals surface area contributed by atoms with E-state index in [-0.39, 0.29) is 62.1 Å². The molecule has 0 bridgehead atoms. The van der Waals surface area contributed by atoms with Crippen molar-refractivity contribution in [1.82, 2.24) is 25.8 Å². The van der Waals surface area contributed by atoms with Crippen molar-refractivity contribution in [2.75, 3.05) is 26.7 Å². The Bertz CT molecular complexity index is 1020. The Labute approximate surface area is 243 Å². The quantitative estimate of drug-likeness (QED) is 0.397. The molecule has 11 nitrogen and oxygen atoms in total. The number of halogens is 1. The highest BCUT2D eigenvalue weighted by Crippen LogP contribution is 2.12. The van der Waals surface area contributed by atoms with Crippen LogP contribution in [0.25, 0.3) is 0 Å². The van der Waals surface area contributed by atoms with Crippen LogP contribution in [-0.2, 0) is 30.4 Å². The molecule has 0 aliphatic carbocycles. The minimum absolute atomic E-state index is 0. The topological polar surface area (TPSA) is 154 Å². The summed E-state index contributed by atoms with van der Waals surface area (Å²) in [7, 11) is 1.47. The van der Waals surface area contributed by atoms with Crippen LogP contribution in [0, 0.1) is 11.8 Å². The van der Waals surface area contributed by atoms with Gasteiger partial charge in [0, 0.05) is 26.6 Å². The fraction of sp³-hybridized carbons (Fsp3) is 0.607. The molecule has 0 saturated carbocycles. The van der Waals surface area contributed by atoms with Crippen LogP contribution >= 0.6 is 12.4 Å². The molecule has 0 radical (unpaired) electrons. The zero-order chi connectivity index (χ0) is 29.3. The number of nitrogens with two attached hydrogens (primary N) is 1. The van der Waals surface area contributed by atoms with Crippen LogP contribution in [0.5, 0.6) is 0 Å². The standard InChI is InChI=1S/C28H44N6O5.ClH/c1-17(2)23(29)27(38)34-14-10-13-30-26(37)21(15-20-11-8-7-9-12-20)31-22(35)16-33(6)28(39)24(18(3)4)32-25(36)19(34)5;/h7-9,11-12,17-19,21,23-24H,10,13-16,29H2,1-6H3,(H,30,37)(H,31,35)(H,32,36);1H/t19-,21+,23+,24+;/m1./s1. The van der Waals surface area contributed by atoms with Gasteiger partial charge in [-0.05, 0) is 30.7 Å². The van der Waals surface area contributed by atoms with Crippen molar-refractivity contribution in [3.63, 3.8) is 0 Å². The lowest BCUT2D eigenvalue weighted by Gasteiger charge is -2.34. The summed E-state index contributed by atoms with van der Waals surface area (Å²) in [5.74, 6) is -2.62. The number of likely N-dealkylation sites (N-methyl/N-ethyl adjacent to an activating group) is 1. The molecule has 1 aliphatic heterocycles. The Kier molecular flexibility index (Phi) is 14.1. The molecule has 1 saturated heterocycles. The average molecular weight is 581 g/mol. The van der Waals surface area contributed by atoms with Crippen molar-refractivity contribution >= 4 is 41.9 Å². The van der Waals surface area contributed by atoms with E-state index in [0.29, 0.717) is 6.42 Å². The normalized spacial score (nSPS) is 22.8. The first-order chi connectivity index (χ1) is 18.3. The predicted octanol–water partition coefficient (Wildman–Crippen LogP) is 0.455. The van der Waals surface area contributed by atoms with Gasteiger partial charge in [-0.15, -0.1) is 12.4 Å². The second-order valence-corrected chi connectivity index (χ2v) is 10.9. The molecule has 12 heteroatoms. The van der Waals surface area contributed by atoms with Crippen molar-refractivity contribution < 1.29 is 24.0 Å². The molecule has 0 aromatic heterocycles. The first-order valence-electron chi connectivity index (χ1n) is 13.6. The smallest absolute Gasteiger partial charge is 0.245 e. The number of amides is 5. The first-order valence-corrected chi connectivity index (χ1v) is 13.6. The molecule has 5 amide bonds. The monoisotopic (exact) mass is 580 g/mol. The highest BCUT2D eigenvalue weighted by atomic mass is 35.5. The molecule has 1 aromatic carbocycles. The van der Waals surface area contributed by atoms with Crippen LogP contribution in [0.15, 0.2) is 30.3 Å². The molecular weight excluding hydrogens is 536 g/mol. The van der Waals surface area contributed by atoms with Gasteiger partial charge < -0.3 is 31.5 Å². The summed E-state index contributed by atoms with van der Waals surface area (Å²) in [5.41, 5.74) is 7.01. The van der Waals surface area contributed by atoms with Crippen LogP contribution in [0.2, 0.25) is 0 Å². The SMILES string of the molecule is CC(C)[C@H](N)C(=O)N1CCCNC(=O)[C@H](Cc2ccccc2)NC(=O)CN(C)C(=O)[C@H](C(C)C)NC(=O)[C@H]1C.Cl. The number of benzene rings is 1. The highest BCUT2D eigenvalue weighted by Gasteiger charge is 2.35. The van der Waals surface area contributed by atoms with Crippen molar-refractivity contribution in [3.8, 4) is 0 Å². The molecule has 1 fully saturated rings. The molecule has 5 N–H and O–H groups in total. The maximum Gasteiger partial charge on any atom is 0.245 e. The number of hydrogen-bond donors (Lipinski definition) is 4. The highest BCUT2D eigenvalue weighted by molar-refractivity contribution is 5.95. The van der Waals surface area contributed by atoms with Gasteiger partial charge in [0.25, 0.3) is 0 Å². The summed E-state index contributed by atoms with van der Waals surface area (Å²) in [6.07, 6.45) is 0.632. The fourth-order valence-corrected chi connectivity index (χ4v) is 4.31. The third kappa shape index (κ3) is 9.78. The summed E-state index contributed by atoms with van der Waals surface area (Å²) in [5, 5.41) is 8.36. The minimum atomic E-state index is -0.912. The van der Waals surface area contributed by atoms with E-state index in [0.717, 1.165) is 5.56 Å². The van der Waals surface area contributed by atoms with Crippen LogP contribution in [0.3, 0.4) is 0 Å². The van der Waals surface area contributed by atoms with Crippen molar-refractivity contribution in [2.24, 2.45) is 17.6 Å². The Morgan fingerprint density at radius 3 is 2.23 bits per heavy atom. The van der Waals surface area contributed by atoms with E-state index in [1.165, 1.54) is 16.8 Å². The molecular formula is C28H45ClN6O5. The van der Waals surface area contributed by atoms with Gasteiger partial charge in [-0.2, -0.15) is 0 Å². The number of rotatable bonds is 5. The summed E-state index contributed by atoms with van der Waals surface area (Å²) in [6, 6.07) is 5.83. The first kappa shape index (κ1) is 34.8. The van der Waals surface area contributed by atoms with Gasteiger partial charge in [-0.1, -0.05) is 58.0 Å². The zero-order valence-corrected chi connectivity index (χ0v) is 25.1. The van der Waals surface area contributed by atoms with Crippen molar-refractivity contribution in [1.29, 1.82) is 0 Å². The maximum atomic E-state index is 13.3. The van der Waals surface area contributed by atoms with E-state index in [4.69, 9.17) is 5.73 Å². The third-order valence-electron chi connectivity index (χ3n) is 6.93. The Balaban J connectivity index is 0.00000800. The molecule has 1 aliphatic rings. The predicted molar refractivity (Wildman–Crippen MR) is 155 cm³/mol. The van der Waals surface area contributed by atoms with E-state index in [1.54, 1.807) is 20.8 Å². The van der Waals surface area contributed by atoms with Gasteiger partial charge in [0.2, 0.25) is 29.5 Å². The van der Waals surface area contributed by atoms with E-state index < -0.39 is 41.9 Å². The molecule has 224 valence electrons. The van der Waals surface area contributed by atoms with Gasteiger partial charge in [0.15, 0.2) is 0 Å². The Morgan fingerprint density at radius 2 is 1.65 bits per heavy atom. The fourth-order valence-electron chi connectivity index (χ4n) is 4.31.